The van der Waals surface area contributed by atoms with Crippen molar-refractivity contribution in [3.63, 3.8) is 0 Å². The third-order valence-corrected chi connectivity index (χ3v) is 4.17. The number of nitrogens with zero attached hydrogens (tertiary/aromatic N) is 1. The predicted octanol–water partition coefficient (Wildman–Crippen LogP) is 4.41. The number of pyridine rings is 1. The first-order valence-electron chi connectivity index (χ1n) is 8.87. The van der Waals surface area contributed by atoms with Crippen LogP contribution in [0.2, 0.25) is 0 Å². The molecular formula is C20H28N2O3. The molecular weight excluding hydrogens is 316 g/mol. The van der Waals surface area contributed by atoms with Gasteiger partial charge in [0, 0.05) is 18.2 Å². The molecule has 1 aromatic carbocycles. The van der Waals surface area contributed by atoms with Crippen LogP contribution in [0.1, 0.15) is 41.0 Å². The van der Waals surface area contributed by atoms with E-state index >= 15 is 0 Å². The number of amides is 1. The van der Waals surface area contributed by atoms with E-state index in [1.54, 1.807) is 6.20 Å². The van der Waals surface area contributed by atoms with Crippen LogP contribution in [0.5, 0.6) is 5.75 Å². The van der Waals surface area contributed by atoms with Gasteiger partial charge in [0.2, 0.25) is 0 Å². The third kappa shape index (κ3) is 4.48. The van der Waals surface area contributed by atoms with E-state index in [1.807, 2.05) is 45.0 Å². The summed E-state index contributed by atoms with van der Waals surface area (Å²) in [5.41, 5.74) is 0.607. The molecule has 1 atom stereocenters. The fraction of sp³-hybridized carbons (Fsp3) is 0.500. The molecule has 0 aliphatic rings. The first kappa shape index (κ1) is 19.2. The van der Waals surface area contributed by atoms with Gasteiger partial charge < -0.3 is 14.8 Å². The van der Waals surface area contributed by atoms with Crippen LogP contribution in [0.3, 0.4) is 0 Å². The molecule has 2 rings (SSSR count). The molecule has 5 nitrogen and oxygen atoms in total. The summed E-state index contributed by atoms with van der Waals surface area (Å²) in [4.78, 5) is 17.1. The number of hydrogen-bond acceptors (Lipinski definition) is 4. The molecule has 1 aromatic heterocycles. The Kier molecular flexibility index (Phi) is 6.37. The Morgan fingerprint density at radius 1 is 1.28 bits per heavy atom. The lowest BCUT2D eigenvalue weighted by Crippen LogP contribution is -2.42. The SMILES string of the molecule is CCO[C@](C)(CC)C(=O)Nc1ccc(OCC(C)C)c2ncccc12. The molecule has 0 aliphatic carbocycles. The summed E-state index contributed by atoms with van der Waals surface area (Å²) < 4.78 is 11.5. The van der Waals surface area contributed by atoms with Crippen molar-refractivity contribution in [2.24, 2.45) is 5.92 Å². The maximum atomic E-state index is 12.7. The van der Waals surface area contributed by atoms with Crippen LogP contribution in [-0.2, 0) is 9.53 Å². The first-order valence-corrected chi connectivity index (χ1v) is 8.87. The number of nitrogens with one attached hydrogen (secondary N) is 1. The smallest absolute Gasteiger partial charge is 0.256 e. The van der Waals surface area contributed by atoms with Crippen LogP contribution in [0.25, 0.3) is 10.9 Å². The van der Waals surface area contributed by atoms with Crippen molar-refractivity contribution in [3.05, 3.63) is 30.5 Å². The summed E-state index contributed by atoms with van der Waals surface area (Å²) >= 11 is 0. The predicted molar refractivity (Wildman–Crippen MR) is 101 cm³/mol. The fourth-order valence-corrected chi connectivity index (χ4v) is 2.53. The summed E-state index contributed by atoms with van der Waals surface area (Å²) in [6.07, 6.45) is 2.32. The van der Waals surface area contributed by atoms with Crippen LogP contribution in [0.4, 0.5) is 5.69 Å². The van der Waals surface area contributed by atoms with Crippen LogP contribution in [0, 0.1) is 5.92 Å². The molecule has 0 unspecified atom stereocenters. The van der Waals surface area contributed by atoms with E-state index in [9.17, 15) is 4.79 Å². The molecule has 0 fully saturated rings. The average molecular weight is 344 g/mol. The first-order chi connectivity index (χ1) is 11.9. The van der Waals surface area contributed by atoms with Gasteiger partial charge in [-0.25, -0.2) is 0 Å². The van der Waals surface area contributed by atoms with E-state index in [0.717, 1.165) is 16.7 Å². The molecule has 0 spiro atoms. The van der Waals surface area contributed by atoms with Crippen molar-refractivity contribution in [2.45, 2.75) is 46.6 Å². The highest BCUT2D eigenvalue weighted by Gasteiger charge is 2.32. The lowest BCUT2D eigenvalue weighted by molar-refractivity contribution is -0.139. The molecule has 1 heterocycles. The highest BCUT2D eigenvalue weighted by Crippen LogP contribution is 2.31. The molecule has 0 aliphatic heterocycles. The number of ether oxygens (including phenoxy) is 2. The summed E-state index contributed by atoms with van der Waals surface area (Å²) in [5.74, 6) is 0.998. The second kappa shape index (κ2) is 8.30. The summed E-state index contributed by atoms with van der Waals surface area (Å²) in [6, 6.07) is 7.51. The number of aromatic nitrogens is 1. The van der Waals surface area contributed by atoms with Crippen molar-refractivity contribution in [3.8, 4) is 5.75 Å². The van der Waals surface area contributed by atoms with Gasteiger partial charge in [-0.3, -0.25) is 9.78 Å². The van der Waals surface area contributed by atoms with Crippen LogP contribution >= 0.6 is 0 Å². The second-order valence-corrected chi connectivity index (χ2v) is 6.69. The van der Waals surface area contributed by atoms with E-state index in [-0.39, 0.29) is 5.91 Å². The van der Waals surface area contributed by atoms with Gasteiger partial charge in [-0.2, -0.15) is 0 Å². The summed E-state index contributed by atoms with van der Waals surface area (Å²) in [5, 5.41) is 3.85. The minimum Gasteiger partial charge on any atom is -0.491 e. The zero-order chi connectivity index (χ0) is 18.4. The van der Waals surface area contributed by atoms with Gasteiger partial charge in [-0.05, 0) is 50.5 Å². The molecule has 25 heavy (non-hydrogen) atoms. The molecule has 2 aromatic rings. The Hall–Kier alpha value is -2.14. The Labute approximate surface area is 149 Å². The number of fused-ring (bicyclic) bond motifs is 1. The number of hydrogen-bond donors (Lipinski definition) is 1. The highest BCUT2D eigenvalue weighted by molar-refractivity contribution is 6.05. The largest absolute Gasteiger partial charge is 0.491 e. The minimum atomic E-state index is -0.851. The van der Waals surface area contributed by atoms with Crippen molar-refractivity contribution in [1.82, 2.24) is 4.98 Å². The maximum Gasteiger partial charge on any atom is 0.256 e. The van der Waals surface area contributed by atoms with Crippen LogP contribution in [0.15, 0.2) is 30.5 Å². The highest BCUT2D eigenvalue weighted by atomic mass is 16.5. The molecule has 0 saturated carbocycles. The molecule has 0 bridgehead atoms. The number of rotatable bonds is 8. The Morgan fingerprint density at radius 3 is 2.68 bits per heavy atom. The Bertz CT molecular complexity index is 730. The van der Waals surface area contributed by atoms with Crippen molar-refractivity contribution >= 4 is 22.5 Å². The molecule has 0 saturated heterocycles. The molecule has 1 N–H and O–H groups in total. The fourth-order valence-electron chi connectivity index (χ4n) is 2.53. The van der Waals surface area contributed by atoms with Gasteiger partial charge in [-0.1, -0.05) is 20.8 Å². The lowest BCUT2D eigenvalue weighted by Gasteiger charge is -2.27. The molecule has 136 valence electrons. The normalized spacial score (nSPS) is 13.7. The van der Waals surface area contributed by atoms with E-state index in [2.05, 4.69) is 24.1 Å². The van der Waals surface area contributed by atoms with Crippen molar-refractivity contribution in [2.75, 3.05) is 18.5 Å². The number of carbonyl (C=O) groups is 1. The number of carbonyl (C=O) groups excluding carboxylic acids is 1. The van der Waals surface area contributed by atoms with Crippen LogP contribution < -0.4 is 10.1 Å². The topological polar surface area (TPSA) is 60.5 Å². The van der Waals surface area contributed by atoms with Gasteiger partial charge in [0.05, 0.1) is 12.3 Å². The van der Waals surface area contributed by atoms with Gasteiger partial charge in [0.15, 0.2) is 0 Å². The molecule has 1 amide bonds. The quantitative estimate of drug-likeness (QED) is 0.770. The number of benzene rings is 1. The summed E-state index contributed by atoms with van der Waals surface area (Å²) in [6.45, 7) is 11.0. The van der Waals surface area contributed by atoms with Crippen molar-refractivity contribution in [1.29, 1.82) is 0 Å². The zero-order valence-electron chi connectivity index (χ0n) is 15.8. The van der Waals surface area contributed by atoms with Crippen LogP contribution in [-0.4, -0.2) is 29.7 Å². The minimum absolute atomic E-state index is 0.155. The van der Waals surface area contributed by atoms with E-state index < -0.39 is 5.60 Å². The monoisotopic (exact) mass is 344 g/mol. The van der Waals surface area contributed by atoms with E-state index in [1.165, 1.54) is 0 Å². The Morgan fingerprint density at radius 2 is 2.04 bits per heavy atom. The Balaban J connectivity index is 2.33. The standard InChI is InChI=1S/C20H28N2O3/c1-6-20(5,25-7-2)19(23)22-16-10-11-17(24-13-14(3)4)18-15(16)9-8-12-21-18/h8-12,14H,6-7,13H2,1-5H3,(H,22,23)/t20-/m1/s1. The number of anilines is 1. The zero-order valence-corrected chi connectivity index (χ0v) is 15.8. The van der Waals surface area contributed by atoms with Gasteiger partial charge in [0.25, 0.3) is 5.91 Å². The maximum absolute atomic E-state index is 12.7. The van der Waals surface area contributed by atoms with Crippen molar-refractivity contribution < 1.29 is 14.3 Å². The third-order valence-electron chi connectivity index (χ3n) is 4.17. The average Bonchev–Trinajstić information content (AvgIpc) is 2.60. The van der Waals surface area contributed by atoms with Gasteiger partial charge >= 0.3 is 0 Å². The summed E-state index contributed by atoms with van der Waals surface area (Å²) in [7, 11) is 0. The second-order valence-electron chi connectivity index (χ2n) is 6.69. The molecule has 0 radical (unpaired) electrons. The van der Waals surface area contributed by atoms with Gasteiger partial charge in [-0.15, -0.1) is 0 Å². The lowest BCUT2D eigenvalue weighted by atomic mass is 10.0. The van der Waals surface area contributed by atoms with E-state index in [0.29, 0.717) is 31.2 Å². The van der Waals surface area contributed by atoms with E-state index in [4.69, 9.17) is 9.47 Å². The van der Waals surface area contributed by atoms with Gasteiger partial charge in [0.1, 0.15) is 16.9 Å². The molecule has 5 heteroatoms.